The molecule has 1 aliphatic carbocycles. The van der Waals surface area contributed by atoms with Crippen molar-refractivity contribution in [1.29, 1.82) is 0 Å². The van der Waals surface area contributed by atoms with Gasteiger partial charge in [-0.15, -0.1) is 11.3 Å². The summed E-state index contributed by atoms with van der Waals surface area (Å²) in [5, 5.41) is 19.8. The zero-order valence-electron chi connectivity index (χ0n) is 16.5. The van der Waals surface area contributed by atoms with Crippen molar-refractivity contribution in [2.75, 3.05) is 31.2 Å². The lowest BCUT2D eigenvalue weighted by atomic mass is 10.1. The number of rotatable bonds is 7. The number of hydrogen-bond acceptors (Lipinski definition) is 6. The third kappa shape index (κ3) is 4.08. The van der Waals surface area contributed by atoms with E-state index in [-0.39, 0.29) is 18.8 Å². The van der Waals surface area contributed by atoms with Gasteiger partial charge in [0.05, 0.1) is 25.1 Å². The number of thiophene rings is 1. The molecule has 0 spiro atoms. The van der Waals surface area contributed by atoms with Crippen molar-refractivity contribution < 1.29 is 10.2 Å². The van der Waals surface area contributed by atoms with Crippen LogP contribution < -0.4 is 10.5 Å². The SMILES string of the molecule is O=c1c2c3c(sc2nc(N(CCO)CCO)n1Cc1ccccc1)CCCCC3. The first kappa shape index (κ1) is 20.1. The van der Waals surface area contributed by atoms with Crippen LogP contribution in [0.2, 0.25) is 0 Å². The van der Waals surface area contributed by atoms with Crippen LogP contribution in [0, 0.1) is 0 Å². The van der Waals surface area contributed by atoms with Gasteiger partial charge in [-0.05, 0) is 36.8 Å². The maximum Gasteiger partial charge on any atom is 0.264 e. The minimum Gasteiger partial charge on any atom is -0.395 e. The molecule has 29 heavy (non-hydrogen) atoms. The minimum atomic E-state index is -0.0693. The summed E-state index contributed by atoms with van der Waals surface area (Å²) >= 11 is 1.63. The minimum absolute atomic E-state index is 0.0193. The van der Waals surface area contributed by atoms with Gasteiger partial charge in [-0.2, -0.15) is 0 Å². The molecule has 2 aromatic heterocycles. The largest absolute Gasteiger partial charge is 0.395 e. The molecule has 4 rings (SSSR count). The van der Waals surface area contributed by atoms with Crippen molar-refractivity contribution >= 4 is 27.5 Å². The Kier molecular flexibility index (Phi) is 6.28. The van der Waals surface area contributed by atoms with Crippen molar-refractivity contribution in [1.82, 2.24) is 9.55 Å². The number of fused-ring (bicyclic) bond motifs is 3. The van der Waals surface area contributed by atoms with E-state index in [1.54, 1.807) is 20.8 Å². The summed E-state index contributed by atoms with van der Waals surface area (Å²) in [6, 6.07) is 9.87. The lowest BCUT2D eigenvalue weighted by Gasteiger charge is -2.25. The van der Waals surface area contributed by atoms with Gasteiger partial charge >= 0.3 is 0 Å². The highest BCUT2D eigenvalue weighted by atomic mass is 32.1. The smallest absolute Gasteiger partial charge is 0.264 e. The highest BCUT2D eigenvalue weighted by Gasteiger charge is 2.23. The van der Waals surface area contributed by atoms with Crippen LogP contribution in [-0.4, -0.2) is 46.1 Å². The fourth-order valence-corrected chi connectivity index (χ4v) is 5.35. The van der Waals surface area contributed by atoms with E-state index in [9.17, 15) is 15.0 Å². The Bertz CT molecular complexity index is 1020. The molecule has 0 fully saturated rings. The van der Waals surface area contributed by atoms with Crippen LogP contribution in [0.3, 0.4) is 0 Å². The van der Waals surface area contributed by atoms with E-state index in [1.807, 2.05) is 30.3 Å². The first-order valence-electron chi connectivity index (χ1n) is 10.3. The van der Waals surface area contributed by atoms with Gasteiger partial charge < -0.3 is 15.1 Å². The van der Waals surface area contributed by atoms with Gasteiger partial charge in [0.2, 0.25) is 5.95 Å². The molecule has 3 aromatic rings. The fraction of sp³-hybridized carbons (Fsp3) is 0.455. The molecular formula is C22H27N3O3S. The standard InChI is InChI=1S/C22H27N3O3S/c26-13-11-24(12-14-27)22-23-20-19(17-9-5-2-6-10-18(17)29-20)21(28)25(22)15-16-7-3-1-4-8-16/h1,3-4,7-8,26-27H,2,5-6,9-15H2. The predicted octanol–water partition coefficient (Wildman–Crippen LogP) is 2.57. The molecule has 7 heteroatoms. The summed E-state index contributed by atoms with van der Waals surface area (Å²) in [4.78, 5) is 22.5. The zero-order valence-corrected chi connectivity index (χ0v) is 17.3. The Morgan fingerprint density at radius 3 is 2.48 bits per heavy atom. The van der Waals surface area contributed by atoms with Gasteiger partial charge in [-0.25, -0.2) is 4.98 Å². The van der Waals surface area contributed by atoms with Crippen molar-refractivity contribution in [3.05, 3.63) is 56.7 Å². The highest BCUT2D eigenvalue weighted by Crippen LogP contribution is 2.34. The van der Waals surface area contributed by atoms with Crippen molar-refractivity contribution in [2.24, 2.45) is 0 Å². The third-order valence-electron chi connectivity index (χ3n) is 5.51. The molecule has 0 amide bonds. The van der Waals surface area contributed by atoms with E-state index in [0.717, 1.165) is 41.5 Å². The predicted molar refractivity (Wildman–Crippen MR) is 117 cm³/mol. The van der Waals surface area contributed by atoms with E-state index < -0.39 is 0 Å². The van der Waals surface area contributed by atoms with Crippen LogP contribution in [0.15, 0.2) is 35.1 Å². The van der Waals surface area contributed by atoms with Crippen LogP contribution in [0.25, 0.3) is 10.2 Å². The van der Waals surface area contributed by atoms with Gasteiger partial charge in [-0.1, -0.05) is 36.8 Å². The quantitative estimate of drug-likeness (QED) is 0.582. The number of aliphatic hydroxyl groups is 2. The Morgan fingerprint density at radius 1 is 1.03 bits per heavy atom. The lowest BCUT2D eigenvalue weighted by Crippen LogP contribution is -2.37. The number of hydrogen-bond donors (Lipinski definition) is 2. The van der Waals surface area contributed by atoms with E-state index in [4.69, 9.17) is 4.98 Å². The molecule has 0 aliphatic heterocycles. The summed E-state index contributed by atoms with van der Waals surface area (Å²) in [7, 11) is 0. The lowest BCUT2D eigenvalue weighted by molar-refractivity contribution is 0.279. The van der Waals surface area contributed by atoms with E-state index in [1.165, 1.54) is 16.9 Å². The summed E-state index contributed by atoms with van der Waals surface area (Å²) in [5.41, 5.74) is 2.18. The Labute approximate surface area is 174 Å². The van der Waals surface area contributed by atoms with Gasteiger partial charge in [-0.3, -0.25) is 9.36 Å². The van der Waals surface area contributed by atoms with Gasteiger partial charge in [0.15, 0.2) is 0 Å². The number of aliphatic hydroxyl groups excluding tert-OH is 2. The molecular weight excluding hydrogens is 386 g/mol. The van der Waals surface area contributed by atoms with E-state index in [2.05, 4.69) is 0 Å². The molecule has 154 valence electrons. The molecule has 1 aliphatic rings. The summed E-state index contributed by atoms with van der Waals surface area (Å²) in [6.07, 6.45) is 5.42. The number of aryl methyl sites for hydroxylation is 2. The Morgan fingerprint density at radius 2 is 1.76 bits per heavy atom. The number of anilines is 1. The molecule has 0 saturated heterocycles. The molecule has 0 unspecified atom stereocenters. The van der Waals surface area contributed by atoms with Crippen LogP contribution in [-0.2, 0) is 19.4 Å². The Hall–Kier alpha value is -2.22. The molecule has 2 heterocycles. The van der Waals surface area contributed by atoms with Crippen molar-refractivity contribution in [2.45, 2.75) is 38.6 Å². The second-order valence-corrected chi connectivity index (χ2v) is 8.55. The first-order valence-corrected chi connectivity index (χ1v) is 11.1. The molecule has 0 atom stereocenters. The van der Waals surface area contributed by atoms with Crippen molar-refractivity contribution in [3.63, 3.8) is 0 Å². The summed E-state index contributed by atoms with van der Waals surface area (Å²) < 4.78 is 1.71. The van der Waals surface area contributed by atoms with Gasteiger partial charge in [0.1, 0.15) is 4.83 Å². The van der Waals surface area contributed by atoms with Gasteiger partial charge in [0, 0.05) is 18.0 Å². The second kappa shape index (κ2) is 9.07. The third-order valence-corrected chi connectivity index (χ3v) is 6.70. The number of benzene rings is 1. The molecule has 0 radical (unpaired) electrons. The summed E-state index contributed by atoms with van der Waals surface area (Å²) in [5.74, 6) is 0.519. The normalized spacial score (nSPS) is 14.0. The summed E-state index contributed by atoms with van der Waals surface area (Å²) in [6.45, 7) is 0.910. The maximum absolute atomic E-state index is 13.7. The molecule has 0 bridgehead atoms. The number of nitrogens with zero attached hydrogens (tertiary/aromatic N) is 3. The van der Waals surface area contributed by atoms with Crippen molar-refractivity contribution in [3.8, 4) is 0 Å². The average Bonchev–Trinajstić information content (AvgIpc) is 2.92. The first-order chi connectivity index (χ1) is 14.2. The van der Waals surface area contributed by atoms with Crippen LogP contribution in [0.4, 0.5) is 5.95 Å². The molecule has 6 nitrogen and oxygen atoms in total. The van der Waals surface area contributed by atoms with E-state index >= 15 is 0 Å². The van der Waals surface area contributed by atoms with Crippen LogP contribution >= 0.6 is 11.3 Å². The Balaban J connectivity index is 1.91. The molecule has 1 aromatic carbocycles. The monoisotopic (exact) mass is 413 g/mol. The van der Waals surface area contributed by atoms with E-state index in [0.29, 0.717) is 25.6 Å². The molecule has 2 N–H and O–H groups in total. The van der Waals surface area contributed by atoms with Gasteiger partial charge in [0.25, 0.3) is 5.56 Å². The van der Waals surface area contributed by atoms with Crippen LogP contribution in [0.5, 0.6) is 0 Å². The maximum atomic E-state index is 13.7. The molecule has 0 saturated carbocycles. The van der Waals surface area contributed by atoms with Crippen LogP contribution in [0.1, 0.15) is 35.3 Å². The topological polar surface area (TPSA) is 78.6 Å². The number of aromatic nitrogens is 2. The highest BCUT2D eigenvalue weighted by molar-refractivity contribution is 7.18. The average molecular weight is 414 g/mol. The second-order valence-electron chi connectivity index (χ2n) is 7.47. The fourth-order valence-electron chi connectivity index (χ4n) is 4.11. The zero-order chi connectivity index (χ0) is 20.2.